The largest absolute Gasteiger partial charge is 0.390 e. The van der Waals surface area contributed by atoms with Crippen LogP contribution in [0.2, 0.25) is 0 Å². The lowest BCUT2D eigenvalue weighted by Gasteiger charge is -2.66. The van der Waals surface area contributed by atoms with E-state index >= 15 is 0 Å². The molecule has 2 aliphatic carbocycles. The van der Waals surface area contributed by atoms with Gasteiger partial charge in [-0.1, -0.05) is 20.8 Å². The molecule has 0 amide bonds. The molecule has 0 radical (unpaired) electrons. The minimum Gasteiger partial charge on any atom is -0.390 e. The van der Waals surface area contributed by atoms with Gasteiger partial charge in [-0.15, -0.1) is 0 Å². The van der Waals surface area contributed by atoms with Crippen molar-refractivity contribution in [1.29, 1.82) is 0 Å². The van der Waals surface area contributed by atoms with E-state index < -0.39 is 11.7 Å². The van der Waals surface area contributed by atoms with Gasteiger partial charge in [0.25, 0.3) is 0 Å². The molecule has 2 heterocycles. The fraction of sp³-hybridized carbons (Fsp3) is 0.950. The zero-order valence-electron chi connectivity index (χ0n) is 15.7. The molecule has 4 fully saturated rings. The van der Waals surface area contributed by atoms with Crippen LogP contribution in [0.15, 0.2) is 0 Å². The molecule has 4 aliphatic rings. The molecule has 2 aliphatic heterocycles. The zero-order valence-corrected chi connectivity index (χ0v) is 15.7. The topological polar surface area (TPSA) is 59.1 Å². The van der Waals surface area contributed by atoms with Crippen LogP contribution in [-0.2, 0) is 14.3 Å². The maximum atomic E-state index is 12.5. The van der Waals surface area contributed by atoms with E-state index in [2.05, 4.69) is 34.6 Å². The quantitative estimate of drug-likeness (QED) is 0.748. The Morgan fingerprint density at radius 3 is 2.38 bits per heavy atom. The second kappa shape index (κ2) is 4.83. The number of Topliss-reactive ketones (excluding diaryl/α,β-unsaturated/α-hetero) is 1. The molecule has 4 rings (SSSR count). The van der Waals surface area contributed by atoms with E-state index in [4.69, 9.17) is 9.47 Å². The minimum atomic E-state index is -0.541. The van der Waals surface area contributed by atoms with Crippen molar-refractivity contribution in [3.05, 3.63) is 0 Å². The Balaban J connectivity index is 1.71. The van der Waals surface area contributed by atoms with Crippen LogP contribution in [0.4, 0.5) is 0 Å². The summed E-state index contributed by atoms with van der Waals surface area (Å²) in [4.78, 5) is 12.5. The highest BCUT2D eigenvalue weighted by Gasteiger charge is 2.67. The van der Waals surface area contributed by atoms with Gasteiger partial charge in [0.15, 0.2) is 0 Å². The van der Waals surface area contributed by atoms with E-state index in [9.17, 15) is 9.90 Å². The van der Waals surface area contributed by atoms with E-state index in [0.29, 0.717) is 18.6 Å². The third-order valence-corrected chi connectivity index (χ3v) is 8.28. The lowest BCUT2D eigenvalue weighted by molar-refractivity contribution is -0.300. The lowest BCUT2D eigenvalue weighted by atomic mass is 9.43. The predicted octanol–water partition coefficient (Wildman–Crippen LogP) is 3.11. The van der Waals surface area contributed by atoms with Gasteiger partial charge < -0.3 is 14.6 Å². The van der Waals surface area contributed by atoms with Crippen LogP contribution in [0.25, 0.3) is 0 Å². The smallest absolute Gasteiger partial charge is 0.138 e. The molecule has 2 saturated carbocycles. The zero-order chi connectivity index (χ0) is 17.5. The Hall–Kier alpha value is -0.450. The van der Waals surface area contributed by atoms with Crippen LogP contribution in [0.5, 0.6) is 0 Å². The van der Waals surface area contributed by atoms with Gasteiger partial charge in [0.2, 0.25) is 0 Å². The summed E-state index contributed by atoms with van der Waals surface area (Å²) < 4.78 is 12.2. The van der Waals surface area contributed by atoms with E-state index in [1.807, 2.05) is 0 Å². The number of hydrogen-bond acceptors (Lipinski definition) is 4. The first kappa shape index (κ1) is 17.0. The molecular formula is C20H32O4. The Bertz CT molecular complexity index is 568. The Morgan fingerprint density at radius 2 is 1.75 bits per heavy atom. The predicted molar refractivity (Wildman–Crippen MR) is 90.6 cm³/mol. The average molecular weight is 336 g/mol. The number of ether oxygens (including phenoxy) is 2. The molecule has 4 nitrogen and oxygen atoms in total. The highest BCUT2D eigenvalue weighted by atomic mass is 16.6. The van der Waals surface area contributed by atoms with Gasteiger partial charge >= 0.3 is 0 Å². The van der Waals surface area contributed by atoms with Crippen molar-refractivity contribution in [3.8, 4) is 0 Å². The maximum Gasteiger partial charge on any atom is 0.138 e. The summed E-state index contributed by atoms with van der Waals surface area (Å²) in [6.07, 6.45) is 3.91. The normalized spacial score (nSPS) is 56.3. The van der Waals surface area contributed by atoms with Crippen molar-refractivity contribution < 1.29 is 19.4 Å². The summed E-state index contributed by atoms with van der Waals surface area (Å²) in [6.45, 7) is 11.5. The molecule has 0 spiro atoms. The number of hydrogen-bond donors (Lipinski definition) is 1. The molecule has 0 aromatic rings. The minimum absolute atomic E-state index is 0.0527. The van der Waals surface area contributed by atoms with Crippen molar-refractivity contribution in [1.82, 2.24) is 0 Å². The Morgan fingerprint density at radius 1 is 1.08 bits per heavy atom. The summed E-state index contributed by atoms with van der Waals surface area (Å²) in [6, 6.07) is 0. The van der Waals surface area contributed by atoms with E-state index in [0.717, 1.165) is 25.9 Å². The number of carbonyl (C=O) groups is 1. The summed E-state index contributed by atoms with van der Waals surface area (Å²) in [7, 11) is 0. The summed E-state index contributed by atoms with van der Waals surface area (Å²) in [5.41, 5.74) is -1.12. The monoisotopic (exact) mass is 336 g/mol. The van der Waals surface area contributed by atoms with E-state index in [1.165, 1.54) is 0 Å². The lowest BCUT2D eigenvalue weighted by Crippen LogP contribution is -2.69. The van der Waals surface area contributed by atoms with Gasteiger partial charge in [0, 0.05) is 11.8 Å². The number of ketones is 1. The summed E-state index contributed by atoms with van der Waals surface area (Å²) >= 11 is 0. The van der Waals surface area contributed by atoms with Crippen LogP contribution >= 0.6 is 0 Å². The molecule has 4 heteroatoms. The average Bonchev–Trinajstić information content (AvgIpc) is 3.32. The highest BCUT2D eigenvalue weighted by molar-refractivity contribution is 5.85. The van der Waals surface area contributed by atoms with Crippen LogP contribution < -0.4 is 0 Å². The van der Waals surface area contributed by atoms with Crippen LogP contribution in [-0.4, -0.2) is 40.9 Å². The molecule has 1 N–H and O–H groups in total. The van der Waals surface area contributed by atoms with Gasteiger partial charge in [-0.3, -0.25) is 4.79 Å². The van der Waals surface area contributed by atoms with Crippen LogP contribution in [0.1, 0.15) is 66.7 Å². The number of aliphatic hydroxyl groups is 1. The molecule has 7 atom stereocenters. The molecule has 2 saturated heterocycles. The van der Waals surface area contributed by atoms with Gasteiger partial charge in [-0.25, -0.2) is 0 Å². The molecule has 136 valence electrons. The van der Waals surface area contributed by atoms with Crippen molar-refractivity contribution in [3.63, 3.8) is 0 Å². The molecule has 0 aromatic carbocycles. The van der Waals surface area contributed by atoms with Crippen LogP contribution in [0.3, 0.4) is 0 Å². The second-order valence-corrected chi connectivity index (χ2v) is 9.97. The fourth-order valence-electron chi connectivity index (χ4n) is 6.59. The molecule has 0 aromatic heterocycles. The van der Waals surface area contributed by atoms with Gasteiger partial charge in [-0.05, 0) is 56.8 Å². The third kappa shape index (κ3) is 2.05. The van der Waals surface area contributed by atoms with Crippen molar-refractivity contribution in [2.45, 2.75) is 90.1 Å². The Kier molecular flexibility index (Phi) is 3.42. The molecule has 0 bridgehead atoms. The third-order valence-electron chi connectivity index (χ3n) is 8.28. The van der Waals surface area contributed by atoms with Crippen molar-refractivity contribution in [2.24, 2.45) is 22.7 Å². The van der Waals surface area contributed by atoms with Gasteiger partial charge in [0.1, 0.15) is 11.9 Å². The van der Waals surface area contributed by atoms with Gasteiger partial charge in [0.05, 0.1) is 23.9 Å². The summed E-state index contributed by atoms with van der Waals surface area (Å²) in [5.74, 6) is 0.871. The summed E-state index contributed by atoms with van der Waals surface area (Å²) in [5, 5.41) is 11.1. The number of aliphatic hydroxyl groups excluding tert-OH is 1. The first-order valence-corrected chi connectivity index (χ1v) is 9.57. The fourth-order valence-corrected chi connectivity index (χ4v) is 6.59. The molecule has 24 heavy (non-hydrogen) atoms. The van der Waals surface area contributed by atoms with Crippen molar-refractivity contribution in [2.75, 3.05) is 6.61 Å². The maximum absolute atomic E-state index is 12.5. The number of carbonyl (C=O) groups excluding carboxylic acids is 1. The number of epoxide rings is 1. The number of rotatable bonds is 1. The SMILES string of the molecule is CC1(C)C(=O)CC[C@]2(C)[C@@H]1C[C@@H](O)[C@]1(C)O[C@@](C)([C@H]3CO3)CC[C@@H]21. The highest BCUT2D eigenvalue weighted by Crippen LogP contribution is 2.65. The number of fused-ring (bicyclic) bond motifs is 3. The van der Waals surface area contributed by atoms with Crippen LogP contribution in [0, 0.1) is 22.7 Å². The Labute approximate surface area is 145 Å². The standard InChI is InChI=1S/C20H32O4/c1-17(2)13-10-15(22)20(5)12(18(13,3)8-7-14(17)21)6-9-19(4,24-20)16-11-23-16/h12-13,15-16,22H,6-11H2,1-5H3/t12-,13+,15+,16+,18-,19+,20+/m0/s1. The first-order chi connectivity index (χ1) is 11.0. The van der Waals surface area contributed by atoms with Gasteiger partial charge in [-0.2, -0.15) is 0 Å². The second-order valence-electron chi connectivity index (χ2n) is 9.97. The molecule has 0 unspecified atom stereocenters. The first-order valence-electron chi connectivity index (χ1n) is 9.57. The van der Waals surface area contributed by atoms with Crippen molar-refractivity contribution >= 4 is 5.78 Å². The van der Waals surface area contributed by atoms with E-state index in [1.54, 1.807) is 0 Å². The van der Waals surface area contributed by atoms with E-state index in [-0.39, 0.29) is 34.4 Å². The molecular weight excluding hydrogens is 304 g/mol.